The number of nitrogens with zero attached hydrogens (tertiary/aromatic N) is 3. The molecule has 2 N–H and O–H groups in total. The van der Waals surface area contributed by atoms with Gasteiger partial charge in [0.2, 0.25) is 5.82 Å². The summed E-state index contributed by atoms with van der Waals surface area (Å²) in [4.78, 5) is 31.2. The molecule has 2 aromatic heterocycles. The summed E-state index contributed by atoms with van der Waals surface area (Å²) < 4.78 is 1.71. The summed E-state index contributed by atoms with van der Waals surface area (Å²) in [5.41, 5.74) is 0.926. The van der Waals surface area contributed by atoms with Crippen molar-refractivity contribution >= 4 is 23.0 Å². The van der Waals surface area contributed by atoms with E-state index >= 15 is 0 Å². The molecular formula is C12H12N4O3. The zero-order valence-electron chi connectivity index (χ0n) is 10.3. The van der Waals surface area contributed by atoms with E-state index in [4.69, 9.17) is 5.11 Å². The lowest BCUT2D eigenvalue weighted by Gasteiger charge is -2.11. The van der Waals surface area contributed by atoms with Crippen molar-refractivity contribution in [1.29, 1.82) is 0 Å². The van der Waals surface area contributed by atoms with Crippen molar-refractivity contribution in [3.05, 3.63) is 23.7 Å². The second kappa shape index (κ2) is 4.04. The topological polar surface area (TPSA) is 97.1 Å². The summed E-state index contributed by atoms with van der Waals surface area (Å²) in [6, 6.07) is 3.00. The van der Waals surface area contributed by atoms with Crippen molar-refractivity contribution in [2.24, 2.45) is 0 Å². The minimum absolute atomic E-state index is 0.0375. The van der Waals surface area contributed by atoms with Crippen LogP contribution in [0.1, 0.15) is 40.5 Å². The van der Waals surface area contributed by atoms with Crippen LogP contribution in [0.5, 0.6) is 0 Å². The number of amides is 1. The molecule has 3 heterocycles. The van der Waals surface area contributed by atoms with Gasteiger partial charge in [-0.05, 0) is 25.5 Å². The van der Waals surface area contributed by atoms with Gasteiger partial charge in [0, 0.05) is 12.6 Å². The van der Waals surface area contributed by atoms with Gasteiger partial charge in [0.05, 0.1) is 0 Å². The van der Waals surface area contributed by atoms with Crippen LogP contribution in [0.2, 0.25) is 0 Å². The molecule has 0 saturated carbocycles. The number of aromatic carboxylic acids is 1. The average molecular weight is 260 g/mol. The fraction of sp³-hybridized carbons (Fsp3) is 0.333. The Labute approximate surface area is 108 Å². The molecule has 0 spiro atoms. The monoisotopic (exact) mass is 260 g/mol. The zero-order chi connectivity index (χ0) is 13.6. The van der Waals surface area contributed by atoms with Gasteiger partial charge in [0.1, 0.15) is 5.52 Å². The number of fused-ring (bicyclic) bond motifs is 3. The van der Waals surface area contributed by atoms with Crippen LogP contribution in [-0.2, 0) is 0 Å². The fourth-order valence-corrected chi connectivity index (χ4v) is 2.27. The Hall–Kier alpha value is -2.44. The Kier molecular flexibility index (Phi) is 2.48. The maximum Gasteiger partial charge on any atom is 0.354 e. The molecule has 7 heteroatoms. The van der Waals surface area contributed by atoms with Crippen molar-refractivity contribution in [3.8, 4) is 0 Å². The van der Waals surface area contributed by atoms with Gasteiger partial charge in [-0.2, -0.15) is 0 Å². The van der Waals surface area contributed by atoms with E-state index in [1.165, 1.54) is 6.07 Å². The van der Waals surface area contributed by atoms with Crippen LogP contribution in [-0.4, -0.2) is 38.1 Å². The first-order valence-corrected chi connectivity index (χ1v) is 5.98. The average Bonchev–Trinajstić information content (AvgIpc) is 2.70. The highest BCUT2D eigenvalue weighted by atomic mass is 16.4. The molecule has 0 aliphatic carbocycles. The lowest BCUT2D eigenvalue weighted by Crippen LogP contribution is -2.23. The van der Waals surface area contributed by atoms with Gasteiger partial charge >= 0.3 is 5.97 Å². The quantitative estimate of drug-likeness (QED) is 0.791. The second-order valence-corrected chi connectivity index (χ2v) is 4.54. The van der Waals surface area contributed by atoms with Gasteiger partial charge in [0.15, 0.2) is 11.3 Å². The smallest absolute Gasteiger partial charge is 0.354 e. The Morgan fingerprint density at radius 2 is 2.26 bits per heavy atom. The number of aromatic nitrogens is 3. The van der Waals surface area contributed by atoms with Crippen LogP contribution >= 0.6 is 0 Å². The Bertz CT molecular complexity index is 692. The maximum atomic E-state index is 11.9. The molecule has 0 radical (unpaired) electrons. The van der Waals surface area contributed by atoms with Crippen LogP contribution in [0, 0.1) is 0 Å². The van der Waals surface area contributed by atoms with E-state index in [2.05, 4.69) is 15.3 Å². The second-order valence-electron chi connectivity index (χ2n) is 4.54. The molecule has 3 rings (SSSR count). The number of rotatable bonds is 1. The Balaban J connectivity index is 2.30. The number of carbonyl (C=O) groups is 2. The first-order chi connectivity index (χ1) is 9.08. The third-order valence-electron chi connectivity index (χ3n) is 3.25. The van der Waals surface area contributed by atoms with Crippen molar-refractivity contribution in [3.63, 3.8) is 0 Å². The summed E-state index contributed by atoms with van der Waals surface area (Å²) in [5.74, 6) is -1.06. The van der Waals surface area contributed by atoms with Gasteiger partial charge in [0.25, 0.3) is 5.91 Å². The number of imidazole rings is 1. The predicted molar refractivity (Wildman–Crippen MR) is 66.1 cm³/mol. The number of carboxylic acid groups (broad SMARTS) is 1. The fourth-order valence-electron chi connectivity index (χ4n) is 2.27. The zero-order valence-corrected chi connectivity index (χ0v) is 10.3. The molecule has 1 unspecified atom stereocenters. The van der Waals surface area contributed by atoms with Gasteiger partial charge in [-0.1, -0.05) is 0 Å². The van der Waals surface area contributed by atoms with Crippen molar-refractivity contribution in [1.82, 2.24) is 19.9 Å². The SMILES string of the molecule is CC1CCNC(=O)c2nc3ccc(C(=O)O)nc3n21. The third-order valence-corrected chi connectivity index (χ3v) is 3.25. The van der Waals surface area contributed by atoms with Crippen molar-refractivity contribution in [2.45, 2.75) is 19.4 Å². The van der Waals surface area contributed by atoms with E-state index in [0.717, 1.165) is 6.42 Å². The number of pyridine rings is 1. The predicted octanol–water partition coefficient (Wildman–Crippen LogP) is 0.824. The van der Waals surface area contributed by atoms with E-state index in [-0.39, 0.29) is 23.5 Å². The van der Waals surface area contributed by atoms with Crippen LogP contribution in [0.25, 0.3) is 11.2 Å². The number of nitrogens with one attached hydrogen (secondary N) is 1. The summed E-state index contributed by atoms with van der Waals surface area (Å²) in [5, 5.41) is 11.8. The van der Waals surface area contributed by atoms with Gasteiger partial charge < -0.3 is 15.0 Å². The molecule has 0 saturated heterocycles. The summed E-state index contributed by atoms with van der Waals surface area (Å²) in [6.07, 6.45) is 0.753. The van der Waals surface area contributed by atoms with Crippen molar-refractivity contribution < 1.29 is 14.7 Å². The molecule has 0 bridgehead atoms. The highest BCUT2D eigenvalue weighted by Gasteiger charge is 2.25. The highest BCUT2D eigenvalue weighted by Crippen LogP contribution is 2.23. The van der Waals surface area contributed by atoms with Crippen LogP contribution in [0.3, 0.4) is 0 Å². The molecule has 2 aromatic rings. The molecule has 19 heavy (non-hydrogen) atoms. The van der Waals surface area contributed by atoms with Crippen molar-refractivity contribution in [2.75, 3.05) is 6.54 Å². The van der Waals surface area contributed by atoms with Gasteiger partial charge in [-0.15, -0.1) is 0 Å². The lowest BCUT2D eigenvalue weighted by atomic mass is 10.2. The minimum Gasteiger partial charge on any atom is -0.477 e. The summed E-state index contributed by atoms with van der Waals surface area (Å²) in [7, 11) is 0. The summed E-state index contributed by atoms with van der Waals surface area (Å²) in [6.45, 7) is 2.53. The standard InChI is InChI=1S/C12H12N4O3/c1-6-4-5-13-11(17)10-14-7-2-3-8(12(18)19)15-9(7)16(6)10/h2-3,6H,4-5H2,1H3,(H,13,17)(H,18,19). The molecular weight excluding hydrogens is 248 g/mol. The first kappa shape index (κ1) is 11.6. The van der Waals surface area contributed by atoms with E-state index < -0.39 is 5.97 Å². The molecule has 7 nitrogen and oxygen atoms in total. The molecule has 1 amide bonds. The largest absolute Gasteiger partial charge is 0.477 e. The Morgan fingerprint density at radius 1 is 1.47 bits per heavy atom. The van der Waals surface area contributed by atoms with Crippen LogP contribution in [0.15, 0.2) is 12.1 Å². The van der Waals surface area contributed by atoms with E-state index in [1.54, 1.807) is 10.6 Å². The first-order valence-electron chi connectivity index (χ1n) is 5.98. The van der Waals surface area contributed by atoms with E-state index in [0.29, 0.717) is 17.7 Å². The molecule has 1 aliphatic rings. The van der Waals surface area contributed by atoms with E-state index in [1.807, 2.05) is 6.92 Å². The number of carbonyl (C=O) groups excluding carboxylic acids is 1. The third kappa shape index (κ3) is 1.74. The van der Waals surface area contributed by atoms with Crippen LogP contribution in [0.4, 0.5) is 0 Å². The summed E-state index contributed by atoms with van der Waals surface area (Å²) >= 11 is 0. The minimum atomic E-state index is -1.09. The number of hydrogen-bond acceptors (Lipinski definition) is 4. The van der Waals surface area contributed by atoms with Gasteiger partial charge in [-0.3, -0.25) is 4.79 Å². The molecule has 98 valence electrons. The highest BCUT2D eigenvalue weighted by molar-refractivity contribution is 5.95. The number of carboxylic acids is 1. The maximum absolute atomic E-state index is 11.9. The van der Waals surface area contributed by atoms with E-state index in [9.17, 15) is 9.59 Å². The molecule has 0 aromatic carbocycles. The molecule has 0 fully saturated rings. The number of hydrogen-bond donors (Lipinski definition) is 2. The normalized spacial score (nSPS) is 18.8. The Morgan fingerprint density at radius 3 is 3.00 bits per heavy atom. The molecule has 1 aliphatic heterocycles. The lowest BCUT2D eigenvalue weighted by molar-refractivity contribution is 0.0690. The molecule has 1 atom stereocenters. The van der Waals surface area contributed by atoms with Gasteiger partial charge in [-0.25, -0.2) is 14.8 Å². The van der Waals surface area contributed by atoms with Crippen LogP contribution < -0.4 is 5.32 Å².